The number of nitrogens with zero attached hydrogens (tertiary/aromatic N) is 2. The Bertz CT molecular complexity index is 1350. The molecule has 1 saturated heterocycles. The maximum Gasteiger partial charge on any atom is 0.258 e. The summed E-state index contributed by atoms with van der Waals surface area (Å²) in [6.45, 7) is 1.79. The summed E-state index contributed by atoms with van der Waals surface area (Å²) in [4.78, 5) is 29.7. The van der Waals surface area contributed by atoms with E-state index in [-0.39, 0.29) is 36.1 Å². The first-order chi connectivity index (χ1) is 18.1. The molecule has 6 nitrogen and oxygen atoms in total. The van der Waals surface area contributed by atoms with Crippen LogP contribution in [-0.2, 0) is 17.9 Å². The second-order valence-corrected chi connectivity index (χ2v) is 10.6. The minimum atomic E-state index is -0.406. The number of rotatable bonds is 8. The summed E-state index contributed by atoms with van der Waals surface area (Å²) >= 11 is 0. The number of aromatic nitrogens is 1. The summed E-state index contributed by atoms with van der Waals surface area (Å²) in [5.41, 5.74) is 3.56. The fraction of sp³-hybridized carbons (Fsp3) is 0.355. The van der Waals surface area contributed by atoms with E-state index in [2.05, 4.69) is 10.2 Å². The van der Waals surface area contributed by atoms with Gasteiger partial charge in [0.1, 0.15) is 0 Å². The standard InChI is InChI=1S/C31H33N3O3/c35-20-25-27-19-34-26(16-15-24(31(34)37)14-13-21-7-3-1-4-8-21)29(33(27)18-23-11-12-23)28(25)30(36)32-17-22-9-5-2-6-10-22/h1-10,13-16,23,25,27-29,35H,11-12,17-20H2,(H,32,36)/b14-13+/t25-,27-,28+,29+/m1/s1. The zero-order chi connectivity index (χ0) is 25.4. The van der Waals surface area contributed by atoms with Crippen LogP contribution in [0.25, 0.3) is 12.2 Å². The molecule has 6 heteroatoms. The number of carbonyl (C=O) groups is 1. The van der Waals surface area contributed by atoms with E-state index in [4.69, 9.17) is 0 Å². The first-order valence-electron chi connectivity index (χ1n) is 13.3. The van der Waals surface area contributed by atoms with E-state index in [0.29, 0.717) is 24.6 Å². The molecule has 190 valence electrons. The average molecular weight is 496 g/mol. The van der Waals surface area contributed by atoms with E-state index >= 15 is 0 Å². The minimum absolute atomic E-state index is 0.0345. The first kappa shape index (κ1) is 23.9. The number of hydrogen-bond donors (Lipinski definition) is 2. The van der Waals surface area contributed by atoms with Crippen LogP contribution in [0.2, 0.25) is 0 Å². The van der Waals surface area contributed by atoms with E-state index in [9.17, 15) is 14.7 Å². The highest BCUT2D eigenvalue weighted by Crippen LogP contribution is 2.50. The average Bonchev–Trinajstić information content (AvgIpc) is 3.72. The Labute approximate surface area is 217 Å². The van der Waals surface area contributed by atoms with Gasteiger partial charge < -0.3 is 15.0 Å². The molecule has 1 amide bonds. The van der Waals surface area contributed by atoms with Crippen molar-refractivity contribution in [3.63, 3.8) is 0 Å². The second kappa shape index (κ2) is 10.1. The second-order valence-electron chi connectivity index (χ2n) is 10.6. The van der Waals surface area contributed by atoms with Gasteiger partial charge in [0.05, 0.1) is 12.0 Å². The van der Waals surface area contributed by atoms with Crippen molar-refractivity contribution in [3.8, 4) is 0 Å². The molecule has 0 radical (unpaired) electrons. The van der Waals surface area contributed by atoms with Crippen molar-refractivity contribution in [1.29, 1.82) is 0 Å². The lowest BCUT2D eigenvalue weighted by molar-refractivity contribution is -0.127. The third-order valence-corrected chi connectivity index (χ3v) is 8.23. The van der Waals surface area contributed by atoms with Gasteiger partial charge in [-0.3, -0.25) is 14.5 Å². The van der Waals surface area contributed by atoms with Crippen molar-refractivity contribution in [2.24, 2.45) is 17.8 Å². The monoisotopic (exact) mass is 495 g/mol. The van der Waals surface area contributed by atoms with Crippen LogP contribution in [0.1, 0.15) is 41.3 Å². The minimum Gasteiger partial charge on any atom is -0.396 e. The van der Waals surface area contributed by atoms with Gasteiger partial charge in [0.25, 0.3) is 5.56 Å². The number of pyridine rings is 1. The number of carbonyl (C=O) groups excluding carboxylic acids is 1. The topological polar surface area (TPSA) is 74.6 Å². The van der Waals surface area contributed by atoms with Crippen LogP contribution in [0.3, 0.4) is 0 Å². The normalized spacial score (nSPS) is 24.8. The van der Waals surface area contributed by atoms with Gasteiger partial charge in [0, 0.05) is 49.5 Å². The highest BCUT2D eigenvalue weighted by molar-refractivity contribution is 5.80. The largest absolute Gasteiger partial charge is 0.396 e. The Morgan fingerprint density at radius 3 is 2.41 bits per heavy atom. The van der Waals surface area contributed by atoms with Gasteiger partial charge in [-0.1, -0.05) is 66.7 Å². The molecule has 2 aromatic carbocycles. The van der Waals surface area contributed by atoms with Crippen LogP contribution < -0.4 is 10.9 Å². The molecule has 1 aliphatic carbocycles. The first-order valence-corrected chi connectivity index (χ1v) is 13.3. The van der Waals surface area contributed by atoms with E-state index in [0.717, 1.165) is 23.4 Å². The van der Waals surface area contributed by atoms with Crippen molar-refractivity contribution in [1.82, 2.24) is 14.8 Å². The number of fused-ring (bicyclic) bond motifs is 4. The van der Waals surface area contributed by atoms with Crippen LogP contribution in [0.4, 0.5) is 0 Å². The molecule has 2 bridgehead atoms. The van der Waals surface area contributed by atoms with Gasteiger partial charge >= 0.3 is 0 Å². The fourth-order valence-electron chi connectivity index (χ4n) is 6.17. The molecule has 2 aliphatic heterocycles. The predicted octanol–water partition coefficient (Wildman–Crippen LogP) is 3.71. The molecule has 3 aromatic rings. The van der Waals surface area contributed by atoms with Crippen molar-refractivity contribution >= 4 is 18.1 Å². The zero-order valence-corrected chi connectivity index (χ0v) is 20.9. The number of benzene rings is 2. The lowest BCUT2D eigenvalue weighted by atomic mass is 9.86. The van der Waals surface area contributed by atoms with Crippen LogP contribution >= 0.6 is 0 Å². The van der Waals surface area contributed by atoms with Crippen molar-refractivity contribution in [2.45, 2.75) is 38.0 Å². The summed E-state index contributed by atoms with van der Waals surface area (Å²) in [6.07, 6.45) is 6.25. The van der Waals surface area contributed by atoms with Crippen LogP contribution in [0.5, 0.6) is 0 Å². The molecule has 2 fully saturated rings. The highest BCUT2D eigenvalue weighted by atomic mass is 16.3. The molecule has 3 heterocycles. The van der Waals surface area contributed by atoms with Gasteiger partial charge in [-0.05, 0) is 48.1 Å². The highest BCUT2D eigenvalue weighted by Gasteiger charge is 2.56. The number of hydrogen-bond acceptors (Lipinski definition) is 4. The molecular formula is C31H33N3O3. The smallest absolute Gasteiger partial charge is 0.258 e. The molecule has 6 rings (SSSR count). The molecule has 1 aromatic heterocycles. The van der Waals surface area contributed by atoms with Gasteiger partial charge in [0.2, 0.25) is 5.91 Å². The summed E-state index contributed by atoms with van der Waals surface area (Å²) in [5.74, 6) is -0.0366. The quantitative estimate of drug-likeness (QED) is 0.500. The lowest BCUT2D eigenvalue weighted by Gasteiger charge is -2.38. The molecule has 2 N–H and O–H groups in total. The zero-order valence-electron chi connectivity index (χ0n) is 20.9. The van der Waals surface area contributed by atoms with Crippen LogP contribution in [0.15, 0.2) is 77.6 Å². The van der Waals surface area contributed by atoms with E-state index < -0.39 is 5.92 Å². The van der Waals surface area contributed by atoms with Crippen molar-refractivity contribution in [3.05, 3.63) is 106 Å². The number of amides is 1. The molecule has 3 aliphatic rings. The summed E-state index contributed by atoms with van der Waals surface area (Å²) in [7, 11) is 0. The molecule has 4 atom stereocenters. The van der Waals surface area contributed by atoms with Gasteiger partial charge in [-0.2, -0.15) is 0 Å². The molecule has 0 spiro atoms. The summed E-state index contributed by atoms with van der Waals surface area (Å²) < 4.78 is 1.86. The van der Waals surface area contributed by atoms with Crippen LogP contribution in [0, 0.1) is 17.8 Å². The number of nitrogens with one attached hydrogen (secondary N) is 1. The Kier molecular flexibility index (Phi) is 6.53. The maximum absolute atomic E-state index is 13.7. The summed E-state index contributed by atoms with van der Waals surface area (Å²) in [6, 6.07) is 23.5. The Balaban J connectivity index is 1.33. The molecule has 37 heavy (non-hydrogen) atoms. The Hall–Kier alpha value is -3.48. The van der Waals surface area contributed by atoms with E-state index in [1.807, 2.05) is 89.5 Å². The van der Waals surface area contributed by atoms with Gasteiger partial charge in [0.15, 0.2) is 0 Å². The SMILES string of the molecule is O=C(NCc1ccccc1)[C@H]1[C@H](CO)[C@H]2Cn3c(ccc(/C=C/c4ccccc4)c3=O)[C@@H]1N2CC1CC1. The number of aliphatic hydroxyl groups is 1. The molecule has 1 saturated carbocycles. The Morgan fingerprint density at radius 1 is 0.973 bits per heavy atom. The lowest BCUT2D eigenvalue weighted by Crippen LogP contribution is -2.47. The van der Waals surface area contributed by atoms with Crippen molar-refractivity contribution < 1.29 is 9.90 Å². The van der Waals surface area contributed by atoms with E-state index in [1.165, 1.54) is 12.8 Å². The molecule has 0 unspecified atom stereocenters. The predicted molar refractivity (Wildman–Crippen MR) is 144 cm³/mol. The van der Waals surface area contributed by atoms with Gasteiger partial charge in [-0.25, -0.2) is 0 Å². The summed E-state index contributed by atoms with van der Waals surface area (Å²) in [5, 5.41) is 13.6. The third-order valence-electron chi connectivity index (χ3n) is 8.23. The maximum atomic E-state index is 13.7. The number of aliphatic hydroxyl groups excluding tert-OH is 1. The van der Waals surface area contributed by atoms with E-state index in [1.54, 1.807) is 0 Å². The third kappa shape index (κ3) is 4.67. The van der Waals surface area contributed by atoms with Crippen LogP contribution in [-0.4, -0.2) is 39.7 Å². The molecular weight excluding hydrogens is 462 g/mol. The van der Waals surface area contributed by atoms with Crippen molar-refractivity contribution in [2.75, 3.05) is 13.2 Å². The Morgan fingerprint density at radius 2 is 1.70 bits per heavy atom. The fourth-order valence-corrected chi connectivity index (χ4v) is 6.17. The van der Waals surface area contributed by atoms with Gasteiger partial charge in [-0.15, -0.1) is 0 Å².